The number of thiophene rings is 1. The van der Waals surface area contributed by atoms with E-state index >= 15 is 0 Å². The van der Waals surface area contributed by atoms with Crippen molar-refractivity contribution in [3.8, 4) is 9.88 Å². The van der Waals surface area contributed by atoms with Crippen LogP contribution >= 0.6 is 22.7 Å². The molecule has 2 aromatic heterocycles. The number of carbonyl (C=O) groups is 1. The van der Waals surface area contributed by atoms with E-state index in [1.165, 1.54) is 0 Å². The minimum absolute atomic E-state index is 0.356. The van der Waals surface area contributed by atoms with Crippen molar-refractivity contribution in [3.05, 3.63) is 28.1 Å². The Morgan fingerprint density at radius 2 is 2.35 bits per heavy atom. The average Bonchev–Trinajstić information content (AvgIpc) is 2.88. The van der Waals surface area contributed by atoms with E-state index in [2.05, 4.69) is 4.98 Å². The van der Waals surface area contributed by atoms with Crippen molar-refractivity contribution in [3.63, 3.8) is 0 Å². The summed E-state index contributed by atoms with van der Waals surface area (Å²) in [5.41, 5.74) is 0.950. The van der Waals surface area contributed by atoms with Crippen molar-refractivity contribution in [2.24, 2.45) is 5.92 Å². The summed E-state index contributed by atoms with van der Waals surface area (Å²) >= 11 is 3.25. The third kappa shape index (κ3) is 2.73. The molecule has 0 amide bonds. The number of nitrogens with zero attached hydrogens (tertiary/aromatic N) is 1. The first-order chi connectivity index (χ1) is 8.08. The first-order valence-electron chi connectivity index (χ1n) is 5.31. The van der Waals surface area contributed by atoms with Gasteiger partial charge >= 0.3 is 5.97 Å². The number of aromatic nitrogens is 1. The summed E-state index contributed by atoms with van der Waals surface area (Å²) in [7, 11) is 0. The molecule has 1 unspecified atom stereocenters. The minimum Gasteiger partial charge on any atom is -0.481 e. The first kappa shape index (κ1) is 12.3. The number of aliphatic carboxylic acids is 1. The molecule has 5 heteroatoms. The van der Waals surface area contributed by atoms with Gasteiger partial charge in [0.05, 0.1) is 16.5 Å². The zero-order valence-electron chi connectivity index (χ0n) is 9.64. The quantitative estimate of drug-likeness (QED) is 0.923. The fourth-order valence-corrected chi connectivity index (χ4v) is 3.48. The van der Waals surface area contributed by atoms with E-state index in [-0.39, 0.29) is 5.92 Å². The molecule has 0 aliphatic carbocycles. The van der Waals surface area contributed by atoms with Crippen LogP contribution in [0.15, 0.2) is 17.5 Å². The maximum absolute atomic E-state index is 10.8. The van der Waals surface area contributed by atoms with Gasteiger partial charge in [0.1, 0.15) is 5.01 Å². The van der Waals surface area contributed by atoms with Crippen LogP contribution in [-0.2, 0) is 11.2 Å². The van der Waals surface area contributed by atoms with Crippen LogP contribution < -0.4 is 0 Å². The molecule has 0 radical (unpaired) electrons. The molecule has 0 spiro atoms. The van der Waals surface area contributed by atoms with Gasteiger partial charge in [-0.05, 0) is 24.8 Å². The minimum atomic E-state index is -0.754. The van der Waals surface area contributed by atoms with E-state index in [0.717, 1.165) is 20.5 Å². The molecule has 2 heterocycles. The van der Waals surface area contributed by atoms with Crippen LogP contribution in [-0.4, -0.2) is 16.1 Å². The zero-order chi connectivity index (χ0) is 12.4. The maximum Gasteiger partial charge on any atom is 0.306 e. The molecule has 17 heavy (non-hydrogen) atoms. The summed E-state index contributed by atoms with van der Waals surface area (Å²) in [6.45, 7) is 3.67. The second-order valence-electron chi connectivity index (χ2n) is 3.95. The molecule has 0 bridgehead atoms. The maximum atomic E-state index is 10.8. The smallest absolute Gasteiger partial charge is 0.306 e. The highest BCUT2D eigenvalue weighted by molar-refractivity contribution is 7.21. The van der Waals surface area contributed by atoms with Gasteiger partial charge in [-0.25, -0.2) is 4.98 Å². The highest BCUT2D eigenvalue weighted by atomic mass is 32.1. The molecule has 3 nitrogen and oxygen atoms in total. The van der Waals surface area contributed by atoms with Gasteiger partial charge in [-0.3, -0.25) is 4.79 Å². The predicted octanol–water partition coefficient (Wildman–Crippen LogP) is 3.44. The molecule has 0 aliphatic rings. The van der Waals surface area contributed by atoms with E-state index in [1.54, 1.807) is 29.6 Å². The summed E-state index contributed by atoms with van der Waals surface area (Å²) in [5, 5.41) is 11.9. The highest BCUT2D eigenvalue weighted by Crippen LogP contribution is 2.32. The van der Waals surface area contributed by atoms with E-state index in [1.807, 2.05) is 24.4 Å². The number of rotatable bonds is 4. The lowest BCUT2D eigenvalue weighted by atomic mass is 10.1. The van der Waals surface area contributed by atoms with Crippen LogP contribution in [0.4, 0.5) is 0 Å². The van der Waals surface area contributed by atoms with Gasteiger partial charge in [0.2, 0.25) is 0 Å². The molecule has 0 saturated carbocycles. The second-order valence-corrected chi connectivity index (χ2v) is 5.98. The first-order valence-corrected chi connectivity index (χ1v) is 7.00. The highest BCUT2D eigenvalue weighted by Gasteiger charge is 2.16. The fourth-order valence-electron chi connectivity index (χ4n) is 1.49. The Labute approximate surface area is 108 Å². The van der Waals surface area contributed by atoms with E-state index in [9.17, 15) is 4.79 Å². The molecule has 0 saturated heterocycles. The summed E-state index contributed by atoms with van der Waals surface area (Å²) < 4.78 is 0. The van der Waals surface area contributed by atoms with Crippen LogP contribution in [0.1, 0.15) is 17.5 Å². The van der Waals surface area contributed by atoms with E-state index in [4.69, 9.17) is 5.11 Å². The molecule has 0 aliphatic heterocycles. The second kappa shape index (κ2) is 4.98. The Morgan fingerprint density at radius 1 is 1.59 bits per heavy atom. The lowest BCUT2D eigenvalue weighted by Gasteiger charge is -2.03. The largest absolute Gasteiger partial charge is 0.481 e. The van der Waals surface area contributed by atoms with Crippen LogP contribution in [0, 0.1) is 12.8 Å². The monoisotopic (exact) mass is 267 g/mol. The fraction of sp³-hybridized carbons (Fsp3) is 0.333. The van der Waals surface area contributed by atoms with Gasteiger partial charge in [0.25, 0.3) is 0 Å². The van der Waals surface area contributed by atoms with E-state index < -0.39 is 5.97 Å². The molecule has 1 N–H and O–H groups in total. The van der Waals surface area contributed by atoms with Crippen molar-refractivity contribution in [2.75, 3.05) is 0 Å². The Hall–Kier alpha value is -1.20. The number of aryl methyl sites for hydroxylation is 1. The lowest BCUT2D eigenvalue weighted by molar-refractivity contribution is -0.141. The standard InChI is InChI=1S/C12H13NO2S2/c1-7(12(14)15)6-10-8(2)13-11(17-10)9-4-3-5-16-9/h3-5,7H,6H2,1-2H3,(H,14,15). The third-order valence-corrected chi connectivity index (χ3v) is 4.76. The molecule has 90 valence electrons. The van der Waals surface area contributed by atoms with Crippen molar-refractivity contribution in [1.82, 2.24) is 4.98 Å². The van der Waals surface area contributed by atoms with Crippen LogP contribution in [0.3, 0.4) is 0 Å². The predicted molar refractivity (Wildman–Crippen MR) is 70.7 cm³/mol. The Balaban J connectivity index is 2.22. The number of thiazole rings is 1. The van der Waals surface area contributed by atoms with Gasteiger partial charge in [0.15, 0.2) is 0 Å². The summed E-state index contributed by atoms with van der Waals surface area (Å²) in [6.07, 6.45) is 0.560. The van der Waals surface area contributed by atoms with Crippen molar-refractivity contribution in [1.29, 1.82) is 0 Å². The molecular formula is C12H13NO2S2. The SMILES string of the molecule is Cc1nc(-c2cccs2)sc1CC(C)C(=O)O. The van der Waals surface area contributed by atoms with Crippen molar-refractivity contribution >= 4 is 28.6 Å². The Bertz CT molecular complexity index is 517. The van der Waals surface area contributed by atoms with Crippen molar-refractivity contribution in [2.45, 2.75) is 20.3 Å². The zero-order valence-corrected chi connectivity index (χ0v) is 11.3. The van der Waals surface area contributed by atoms with Gasteiger partial charge in [-0.15, -0.1) is 22.7 Å². The van der Waals surface area contributed by atoms with Crippen LogP contribution in [0.2, 0.25) is 0 Å². The normalized spacial score (nSPS) is 12.6. The number of carboxylic acids is 1. The van der Waals surface area contributed by atoms with Gasteiger partial charge < -0.3 is 5.11 Å². The topological polar surface area (TPSA) is 50.2 Å². The van der Waals surface area contributed by atoms with Crippen LogP contribution in [0.25, 0.3) is 9.88 Å². The molecule has 2 rings (SSSR count). The van der Waals surface area contributed by atoms with Gasteiger partial charge in [-0.2, -0.15) is 0 Å². The van der Waals surface area contributed by atoms with Crippen molar-refractivity contribution < 1.29 is 9.90 Å². The Morgan fingerprint density at radius 3 is 2.94 bits per heavy atom. The Kier molecular flexibility index (Phi) is 3.59. The lowest BCUT2D eigenvalue weighted by Crippen LogP contribution is -2.11. The van der Waals surface area contributed by atoms with Crippen LogP contribution in [0.5, 0.6) is 0 Å². The summed E-state index contributed by atoms with van der Waals surface area (Å²) in [6, 6.07) is 4.03. The number of hydrogen-bond donors (Lipinski definition) is 1. The third-order valence-electron chi connectivity index (χ3n) is 2.54. The van der Waals surface area contributed by atoms with Gasteiger partial charge in [-0.1, -0.05) is 13.0 Å². The van der Waals surface area contributed by atoms with Gasteiger partial charge in [0, 0.05) is 4.88 Å². The number of carboxylic acid groups (broad SMARTS) is 1. The van der Waals surface area contributed by atoms with E-state index in [0.29, 0.717) is 6.42 Å². The number of hydrogen-bond acceptors (Lipinski definition) is 4. The molecule has 2 aromatic rings. The molecule has 1 atom stereocenters. The summed E-state index contributed by atoms with van der Waals surface area (Å²) in [4.78, 5) is 17.6. The molecule has 0 fully saturated rings. The molecule has 0 aromatic carbocycles. The average molecular weight is 267 g/mol. The summed E-state index contributed by atoms with van der Waals surface area (Å²) in [5.74, 6) is -1.11. The molecular weight excluding hydrogens is 254 g/mol.